The van der Waals surface area contributed by atoms with Crippen molar-refractivity contribution in [3.05, 3.63) is 69.5 Å². The van der Waals surface area contributed by atoms with Gasteiger partial charge in [-0.05, 0) is 31.4 Å². The van der Waals surface area contributed by atoms with Gasteiger partial charge in [0.25, 0.3) is 0 Å². The van der Waals surface area contributed by atoms with E-state index in [1.807, 2.05) is 37.4 Å². The molecule has 4 nitrogen and oxygen atoms in total. The normalized spacial score (nSPS) is 10.5. The number of thioether (sulfide) groups is 1. The maximum atomic E-state index is 12.2. The number of nitrogens with zero attached hydrogens (tertiary/aromatic N) is 2. The highest BCUT2D eigenvalue weighted by Gasteiger charge is 2.07. The van der Waals surface area contributed by atoms with E-state index in [2.05, 4.69) is 6.58 Å². The summed E-state index contributed by atoms with van der Waals surface area (Å²) < 4.78 is 2.75. The smallest absolute Gasteiger partial charge is 0.305 e. The van der Waals surface area contributed by atoms with Crippen molar-refractivity contribution in [2.45, 2.75) is 18.4 Å². The molecule has 0 spiro atoms. The molecule has 0 amide bonds. The second-order valence-corrected chi connectivity index (χ2v) is 5.44. The Morgan fingerprint density at radius 1 is 1.25 bits per heavy atom. The van der Waals surface area contributed by atoms with Crippen molar-refractivity contribution in [3.8, 4) is 5.69 Å². The summed E-state index contributed by atoms with van der Waals surface area (Å²) in [6.07, 6.45) is 5.20. The van der Waals surface area contributed by atoms with Crippen LogP contribution in [0.3, 0.4) is 0 Å². The lowest BCUT2D eigenvalue weighted by Gasteiger charge is -2.09. The van der Waals surface area contributed by atoms with E-state index in [9.17, 15) is 9.59 Å². The predicted octanol–water partition coefficient (Wildman–Crippen LogP) is 2.30. The van der Waals surface area contributed by atoms with Crippen LogP contribution in [0.1, 0.15) is 6.92 Å². The minimum absolute atomic E-state index is 0.361. The molecule has 1 aromatic carbocycles. The molecule has 0 atom stereocenters. The molecule has 0 saturated carbocycles. The van der Waals surface area contributed by atoms with Gasteiger partial charge in [0.05, 0.1) is 0 Å². The fraction of sp³-hybridized carbons (Fsp3) is 0.200. The monoisotopic (exact) mass is 288 g/mol. The lowest BCUT2D eigenvalue weighted by atomic mass is 10.3. The van der Waals surface area contributed by atoms with E-state index in [0.717, 1.165) is 10.5 Å². The third-order valence-electron chi connectivity index (χ3n) is 2.83. The van der Waals surface area contributed by atoms with Crippen LogP contribution in [-0.2, 0) is 6.54 Å². The van der Waals surface area contributed by atoms with Crippen molar-refractivity contribution < 1.29 is 0 Å². The third-order valence-corrected chi connectivity index (χ3v) is 3.56. The Morgan fingerprint density at radius 3 is 2.65 bits per heavy atom. The molecule has 2 rings (SSSR count). The zero-order valence-electron chi connectivity index (χ0n) is 11.5. The maximum Gasteiger partial charge on any atom is 0.320 e. The highest BCUT2D eigenvalue weighted by molar-refractivity contribution is 7.98. The van der Waals surface area contributed by atoms with Gasteiger partial charge in [-0.1, -0.05) is 18.2 Å². The van der Waals surface area contributed by atoms with Crippen LogP contribution in [0, 0.1) is 0 Å². The van der Waals surface area contributed by atoms with Crippen LogP contribution in [0.4, 0.5) is 0 Å². The van der Waals surface area contributed by atoms with Crippen LogP contribution in [0.25, 0.3) is 5.69 Å². The first-order chi connectivity index (χ1) is 9.52. The van der Waals surface area contributed by atoms with Crippen molar-refractivity contribution in [2.75, 3.05) is 6.26 Å². The average Bonchev–Trinajstić information content (AvgIpc) is 2.44. The second-order valence-electron chi connectivity index (χ2n) is 4.56. The summed E-state index contributed by atoms with van der Waals surface area (Å²) >= 11 is 1.59. The number of rotatable bonds is 4. The van der Waals surface area contributed by atoms with E-state index in [4.69, 9.17) is 0 Å². The van der Waals surface area contributed by atoms with E-state index in [1.165, 1.54) is 9.13 Å². The van der Waals surface area contributed by atoms with Crippen LogP contribution in [0.2, 0.25) is 0 Å². The largest absolute Gasteiger partial charge is 0.320 e. The van der Waals surface area contributed by atoms with Crippen molar-refractivity contribution in [1.82, 2.24) is 9.13 Å². The molecule has 0 aliphatic heterocycles. The number of allylic oxidation sites excluding steroid dienone is 1. The Bertz CT molecular complexity index is 759. The van der Waals surface area contributed by atoms with Crippen LogP contribution in [0.15, 0.2) is 63.3 Å². The highest BCUT2D eigenvalue weighted by Crippen LogP contribution is 2.17. The molecule has 0 saturated heterocycles. The molecule has 0 radical (unpaired) electrons. The van der Waals surface area contributed by atoms with Gasteiger partial charge >= 0.3 is 11.1 Å². The topological polar surface area (TPSA) is 44.0 Å². The molecule has 0 N–H and O–H groups in total. The minimum atomic E-state index is -0.549. The lowest BCUT2D eigenvalue weighted by Crippen LogP contribution is -2.40. The number of aromatic nitrogens is 2. The summed E-state index contributed by atoms with van der Waals surface area (Å²) in [5, 5.41) is 0. The Morgan fingerprint density at radius 2 is 2.00 bits per heavy atom. The van der Waals surface area contributed by atoms with Gasteiger partial charge in [0.1, 0.15) is 0 Å². The summed E-state index contributed by atoms with van der Waals surface area (Å²) in [6, 6.07) is 7.52. The van der Waals surface area contributed by atoms with Gasteiger partial charge in [0.2, 0.25) is 0 Å². The Labute approximate surface area is 121 Å². The fourth-order valence-corrected chi connectivity index (χ4v) is 2.34. The first-order valence-corrected chi connectivity index (χ1v) is 7.36. The van der Waals surface area contributed by atoms with Crippen LogP contribution >= 0.6 is 11.8 Å². The van der Waals surface area contributed by atoms with E-state index in [-0.39, 0.29) is 0 Å². The standard InChI is InChI=1S/C15H16N2O2S/c1-11(2)10-16-7-8-17(15(19)14(16)18)12-5-4-6-13(9-12)20-3/h4-9H,1,10H2,2-3H3. The molecule has 2 aromatic rings. The first-order valence-electron chi connectivity index (χ1n) is 6.14. The predicted molar refractivity (Wildman–Crippen MR) is 82.9 cm³/mol. The molecule has 0 fully saturated rings. The van der Waals surface area contributed by atoms with Gasteiger partial charge in [0.15, 0.2) is 0 Å². The molecule has 0 aliphatic carbocycles. The SMILES string of the molecule is C=C(C)Cn1ccn(-c2cccc(SC)c2)c(=O)c1=O. The van der Waals surface area contributed by atoms with E-state index >= 15 is 0 Å². The van der Waals surface area contributed by atoms with Gasteiger partial charge in [-0.25, -0.2) is 0 Å². The number of hydrogen-bond donors (Lipinski definition) is 0. The maximum absolute atomic E-state index is 12.2. The van der Waals surface area contributed by atoms with E-state index in [0.29, 0.717) is 12.2 Å². The Hall–Kier alpha value is -2.01. The summed E-state index contributed by atoms with van der Waals surface area (Å²) in [5.74, 6) is 0. The number of hydrogen-bond acceptors (Lipinski definition) is 3. The number of benzene rings is 1. The molecule has 20 heavy (non-hydrogen) atoms. The zero-order chi connectivity index (χ0) is 14.7. The minimum Gasteiger partial charge on any atom is -0.305 e. The summed E-state index contributed by atoms with van der Waals surface area (Å²) in [7, 11) is 0. The van der Waals surface area contributed by atoms with Gasteiger partial charge in [-0.15, -0.1) is 11.8 Å². The molecular formula is C15H16N2O2S. The summed E-state index contributed by atoms with van der Waals surface area (Å²) in [5.41, 5.74) is 0.437. The molecule has 0 unspecified atom stereocenters. The van der Waals surface area contributed by atoms with Crippen molar-refractivity contribution >= 4 is 11.8 Å². The van der Waals surface area contributed by atoms with E-state index < -0.39 is 11.1 Å². The molecule has 104 valence electrons. The molecule has 0 aliphatic rings. The van der Waals surface area contributed by atoms with Crippen molar-refractivity contribution in [3.63, 3.8) is 0 Å². The highest BCUT2D eigenvalue weighted by atomic mass is 32.2. The van der Waals surface area contributed by atoms with Crippen LogP contribution in [0.5, 0.6) is 0 Å². The van der Waals surface area contributed by atoms with Gasteiger partial charge in [0, 0.05) is 29.5 Å². The third kappa shape index (κ3) is 2.93. The van der Waals surface area contributed by atoms with E-state index in [1.54, 1.807) is 24.2 Å². The molecule has 1 heterocycles. The van der Waals surface area contributed by atoms with Gasteiger partial charge in [-0.3, -0.25) is 14.2 Å². The quantitative estimate of drug-likeness (QED) is 0.492. The van der Waals surface area contributed by atoms with Crippen molar-refractivity contribution in [1.29, 1.82) is 0 Å². The lowest BCUT2D eigenvalue weighted by molar-refractivity contribution is 0.710. The first kappa shape index (κ1) is 14.4. The fourth-order valence-electron chi connectivity index (χ4n) is 1.89. The summed E-state index contributed by atoms with van der Waals surface area (Å²) in [4.78, 5) is 25.2. The molecule has 0 bridgehead atoms. The Balaban J connectivity index is 2.54. The molecule has 1 aromatic heterocycles. The van der Waals surface area contributed by atoms with Crippen LogP contribution < -0.4 is 11.1 Å². The molecule has 5 heteroatoms. The zero-order valence-corrected chi connectivity index (χ0v) is 12.3. The van der Waals surface area contributed by atoms with Gasteiger partial charge < -0.3 is 4.57 Å². The Kier molecular flexibility index (Phi) is 4.29. The van der Waals surface area contributed by atoms with Gasteiger partial charge in [-0.2, -0.15) is 0 Å². The summed E-state index contributed by atoms with van der Waals surface area (Å²) in [6.45, 7) is 5.93. The van der Waals surface area contributed by atoms with Crippen LogP contribution in [-0.4, -0.2) is 15.4 Å². The molecular weight excluding hydrogens is 272 g/mol. The van der Waals surface area contributed by atoms with Crippen molar-refractivity contribution in [2.24, 2.45) is 0 Å². The average molecular weight is 288 g/mol. The second kappa shape index (κ2) is 5.96.